The Morgan fingerprint density at radius 2 is 1.88 bits per heavy atom. The summed E-state index contributed by atoms with van der Waals surface area (Å²) >= 11 is 0. The van der Waals surface area contributed by atoms with Crippen LogP contribution in [0.5, 0.6) is 0 Å². The number of aromatic nitrogens is 3. The van der Waals surface area contributed by atoms with E-state index in [1.807, 2.05) is 0 Å². The van der Waals surface area contributed by atoms with E-state index in [-0.39, 0.29) is 0 Å². The van der Waals surface area contributed by atoms with Gasteiger partial charge in [-0.25, -0.2) is 4.68 Å². The monoisotopic (exact) mass is 235 g/mol. The molecule has 0 spiro atoms. The van der Waals surface area contributed by atoms with Crippen molar-refractivity contribution < 1.29 is 0 Å². The van der Waals surface area contributed by atoms with Crippen LogP contribution in [0.1, 0.15) is 76.7 Å². The maximum atomic E-state index is 4.43. The van der Waals surface area contributed by atoms with E-state index in [0.29, 0.717) is 17.9 Å². The van der Waals surface area contributed by atoms with Crippen molar-refractivity contribution in [2.45, 2.75) is 71.8 Å². The molecule has 17 heavy (non-hydrogen) atoms. The summed E-state index contributed by atoms with van der Waals surface area (Å²) in [6.45, 7) is 9.05. The van der Waals surface area contributed by atoms with Crippen molar-refractivity contribution in [2.75, 3.05) is 0 Å². The lowest BCUT2D eigenvalue weighted by molar-refractivity contribution is 0.386. The van der Waals surface area contributed by atoms with Gasteiger partial charge in [-0.1, -0.05) is 31.9 Å². The molecule has 0 radical (unpaired) electrons. The summed E-state index contributed by atoms with van der Waals surface area (Å²) in [5, 5.41) is 8.81. The third-order valence-electron chi connectivity index (χ3n) is 3.88. The molecule has 0 aromatic carbocycles. The quantitative estimate of drug-likeness (QED) is 0.782. The van der Waals surface area contributed by atoms with E-state index in [4.69, 9.17) is 0 Å². The van der Waals surface area contributed by atoms with E-state index in [9.17, 15) is 0 Å². The zero-order chi connectivity index (χ0) is 12.4. The molecule has 3 heteroatoms. The summed E-state index contributed by atoms with van der Waals surface area (Å²) in [6, 6.07) is 0.423. The normalized spacial score (nSPS) is 21.4. The van der Waals surface area contributed by atoms with Crippen molar-refractivity contribution in [2.24, 2.45) is 5.92 Å². The molecule has 0 amide bonds. The number of fused-ring (bicyclic) bond motifs is 1. The first-order chi connectivity index (χ1) is 8.11. The molecule has 0 fully saturated rings. The smallest absolute Gasteiger partial charge is 0.0862 e. The average Bonchev–Trinajstić information content (AvgIpc) is 2.60. The molecule has 0 saturated carbocycles. The van der Waals surface area contributed by atoms with Gasteiger partial charge in [-0.3, -0.25) is 0 Å². The summed E-state index contributed by atoms with van der Waals surface area (Å²) in [4.78, 5) is 0. The van der Waals surface area contributed by atoms with Gasteiger partial charge in [-0.2, -0.15) is 0 Å². The van der Waals surface area contributed by atoms with Crippen LogP contribution in [0.15, 0.2) is 0 Å². The van der Waals surface area contributed by atoms with E-state index in [0.717, 1.165) is 6.42 Å². The number of rotatable bonds is 2. The second-order valence-corrected chi connectivity index (χ2v) is 5.91. The Kier molecular flexibility index (Phi) is 3.85. The number of aryl methyl sites for hydroxylation is 1. The van der Waals surface area contributed by atoms with Gasteiger partial charge in [0.25, 0.3) is 0 Å². The van der Waals surface area contributed by atoms with Crippen LogP contribution in [0.2, 0.25) is 0 Å². The van der Waals surface area contributed by atoms with Crippen LogP contribution in [0.4, 0.5) is 0 Å². The Balaban J connectivity index is 2.42. The minimum absolute atomic E-state index is 0.423. The van der Waals surface area contributed by atoms with Crippen molar-refractivity contribution in [1.82, 2.24) is 15.0 Å². The van der Waals surface area contributed by atoms with E-state index in [1.165, 1.54) is 37.1 Å². The van der Waals surface area contributed by atoms with Crippen molar-refractivity contribution >= 4 is 0 Å². The second kappa shape index (κ2) is 5.19. The van der Waals surface area contributed by atoms with Crippen molar-refractivity contribution in [3.05, 3.63) is 11.4 Å². The third-order valence-corrected chi connectivity index (χ3v) is 3.88. The topological polar surface area (TPSA) is 30.7 Å². The average molecular weight is 235 g/mol. The molecule has 1 aromatic rings. The van der Waals surface area contributed by atoms with Crippen molar-refractivity contribution in [3.8, 4) is 0 Å². The van der Waals surface area contributed by atoms with Gasteiger partial charge in [0.05, 0.1) is 11.4 Å². The molecule has 1 heterocycles. The summed E-state index contributed by atoms with van der Waals surface area (Å²) in [5.41, 5.74) is 2.69. The van der Waals surface area contributed by atoms with Gasteiger partial charge in [-0.15, -0.1) is 5.10 Å². The number of nitrogens with zero attached hydrogens (tertiary/aromatic N) is 3. The Hall–Kier alpha value is -0.860. The molecule has 1 aromatic heterocycles. The van der Waals surface area contributed by atoms with Crippen LogP contribution in [0.25, 0.3) is 0 Å². The van der Waals surface area contributed by atoms with Crippen LogP contribution in [0.3, 0.4) is 0 Å². The van der Waals surface area contributed by atoms with Gasteiger partial charge in [0.1, 0.15) is 0 Å². The first-order valence-electron chi connectivity index (χ1n) is 7.05. The molecule has 2 rings (SSSR count). The van der Waals surface area contributed by atoms with Gasteiger partial charge >= 0.3 is 0 Å². The minimum atomic E-state index is 0.423. The molecule has 0 bridgehead atoms. The fourth-order valence-electron chi connectivity index (χ4n) is 2.90. The van der Waals surface area contributed by atoms with E-state index < -0.39 is 0 Å². The summed E-state index contributed by atoms with van der Waals surface area (Å²) in [6.07, 6.45) is 6.38. The Morgan fingerprint density at radius 3 is 2.53 bits per heavy atom. The molecule has 1 atom stereocenters. The summed E-state index contributed by atoms with van der Waals surface area (Å²) in [7, 11) is 0. The highest BCUT2D eigenvalue weighted by atomic mass is 15.4. The van der Waals surface area contributed by atoms with E-state index >= 15 is 0 Å². The van der Waals surface area contributed by atoms with Crippen molar-refractivity contribution in [3.63, 3.8) is 0 Å². The summed E-state index contributed by atoms with van der Waals surface area (Å²) < 4.78 is 2.16. The first kappa shape index (κ1) is 12.6. The lowest BCUT2D eigenvalue weighted by Gasteiger charge is -2.25. The maximum Gasteiger partial charge on any atom is 0.0862 e. The Bertz CT molecular complexity index is 366. The maximum absolute atomic E-state index is 4.43. The highest BCUT2D eigenvalue weighted by molar-refractivity contribution is 5.18. The van der Waals surface area contributed by atoms with E-state index in [1.54, 1.807) is 0 Å². The molecule has 3 nitrogen and oxygen atoms in total. The van der Waals surface area contributed by atoms with Gasteiger partial charge in [0.15, 0.2) is 0 Å². The van der Waals surface area contributed by atoms with Gasteiger partial charge in [0.2, 0.25) is 0 Å². The molecule has 1 aliphatic rings. The lowest BCUT2D eigenvalue weighted by atomic mass is 9.83. The standard InChI is InChI=1S/C14H25N3/c1-10(2)12-8-6-5-7-9-13-14(12)17(11(3)4)16-15-13/h10-12H,5-9H2,1-4H3. The molecular weight excluding hydrogens is 210 g/mol. The number of hydrogen-bond acceptors (Lipinski definition) is 2. The van der Waals surface area contributed by atoms with Crippen LogP contribution in [0, 0.1) is 5.92 Å². The fourth-order valence-corrected chi connectivity index (χ4v) is 2.90. The largest absolute Gasteiger partial charge is 0.246 e. The van der Waals surface area contributed by atoms with Gasteiger partial charge in [-0.05, 0) is 39.0 Å². The SMILES string of the molecule is CC(C)C1CCCCCc2nnn(C(C)C)c21. The molecule has 1 aliphatic carbocycles. The van der Waals surface area contributed by atoms with Crippen LogP contribution < -0.4 is 0 Å². The Labute approximate surface area is 105 Å². The summed E-state index contributed by atoms with van der Waals surface area (Å²) in [5.74, 6) is 1.32. The van der Waals surface area contributed by atoms with Crippen LogP contribution in [-0.2, 0) is 6.42 Å². The minimum Gasteiger partial charge on any atom is -0.246 e. The highest BCUT2D eigenvalue weighted by Crippen LogP contribution is 2.35. The second-order valence-electron chi connectivity index (χ2n) is 5.91. The van der Waals surface area contributed by atoms with Crippen LogP contribution in [-0.4, -0.2) is 15.0 Å². The predicted molar refractivity (Wildman–Crippen MR) is 70.2 cm³/mol. The van der Waals surface area contributed by atoms with Gasteiger partial charge < -0.3 is 0 Å². The zero-order valence-corrected chi connectivity index (χ0v) is 11.6. The highest BCUT2D eigenvalue weighted by Gasteiger charge is 2.26. The first-order valence-corrected chi connectivity index (χ1v) is 7.05. The third kappa shape index (κ3) is 2.53. The Morgan fingerprint density at radius 1 is 1.12 bits per heavy atom. The molecule has 0 N–H and O–H groups in total. The lowest BCUT2D eigenvalue weighted by Crippen LogP contribution is -2.18. The van der Waals surface area contributed by atoms with Crippen molar-refractivity contribution in [1.29, 1.82) is 0 Å². The molecule has 1 unspecified atom stereocenters. The number of hydrogen-bond donors (Lipinski definition) is 0. The molecular formula is C14H25N3. The zero-order valence-electron chi connectivity index (χ0n) is 11.6. The molecule has 0 aliphatic heterocycles. The van der Waals surface area contributed by atoms with E-state index in [2.05, 4.69) is 42.7 Å². The molecule has 96 valence electrons. The fraction of sp³-hybridized carbons (Fsp3) is 0.857. The van der Waals surface area contributed by atoms with Crippen LogP contribution >= 0.6 is 0 Å². The van der Waals surface area contributed by atoms with Gasteiger partial charge in [0, 0.05) is 12.0 Å². The predicted octanol–water partition coefficient (Wildman–Crippen LogP) is 3.72. The molecule has 0 saturated heterocycles.